The molecule has 0 aliphatic rings. The molecule has 98 valence electrons. The Hall–Kier alpha value is -2.70. The first-order valence-electron chi connectivity index (χ1n) is 5.46. The fraction of sp³-hybridized carbons (Fsp3) is 0.167. The number of nitro benzene ring substituents is 1. The number of aliphatic carboxylic acids is 1. The predicted molar refractivity (Wildman–Crippen MR) is 66.1 cm³/mol. The number of pyridine rings is 1. The molecule has 0 saturated carbocycles. The van der Waals surface area contributed by atoms with Crippen molar-refractivity contribution in [1.82, 2.24) is 4.98 Å². The number of fused-ring (bicyclic) bond motifs is 1. The molecule has 1 aromatic heterocycles. The van der Waals surface area contributed by atoms with Gasteiger partial charge in [-0.1, -0.05) is 0 Å². The normalized spacial score (nSPS) is 10.3. The summed E-state index contributed by atoms with van der Waals surface area (Å²) in [5.74, 6) is -0.637. The first-order chi connectivity index (χ1) is 9.09. The minimum Gasteiger partial charge on any atom is -0.491 e. The van der Waals surface area contributed by atoms with E-state index in [1.54, 1.807) is 12.1 Å². The summed E-state index contributed by atoms with van der Waals surface area (Å²) in [6.07, 6.45) is 1.35. The Morgan fingerprint density at radius 1 is 1.42 bits per heavy atom. The molecule has 0 amide bonds. The summed E-state index contributed by atoms with van der Waals surface area (Å²) in [5.41, 5.74) is 0.288. The molecule has 2 rings (SSSR count). The molecule has 0 aliphatic heterocycles. The average Bonchev–Trinajstić information content (AvgIpc) is 2.38. The van der Waals surface area contributed by atoms with Gasteiger partial charge in [-0.2, -0.15) is 0 Å². The van der Waals surface area contributed by atoms with Crippen LogP contribution in [0.4, 0.5) is 5.69 Å². The molecule has 0 bridgehead atoms. The first-order valence-corrected chi connectivity index (χ1v) is 5.46. The highest BCUT2D eigenvalue weighted by Crippen LogP contribution is 2.31. The molecule has 1 heterocycles. The van der Waals surface area contributed by atoms with Gasteiger partial charge in [-0.15, -0.1) is 0 Å². The highest BCUT2D eigenvalue weighted by molar-refractivity contribution is 5.92. The standard InChI is InChI=1S/C12H10N2O5/c15-11(16)5-7-19-10-4-3-9(14(17)18)8-2-1-6-13-12(8)10/h1-4,6H,5,7H2,(H,15,16). The van der Waals surface area contributed by atoms with Gasteiger partial charge in [0.05, 0.1) is 23.3 Å². The lowest BCUT2D eigenvalue weighted by molar-refractivity contribution is -0.383. The number of aromatic nitrogens is 1. The Morgan fingerprint density at radius 3 is 2.89 bits per heavy atom. The zero-order valence-electron chi connectivity index (χ0n) is 9.78. The van der Waals surface area contributed by atoms with Crippen LogP contribution in [-0.2, 0) is 4.79 Å². The van der Waals surface area contributed by atoms with Gasteiger partial charge in [0.2, 0.25) is 0 Å². The molecule has 7 heteroatoms. The molecule has 7 nitrogen and oxygen atoms in total. The molecule has 0 spiro atoms. The molecular weight excluding hydrogens is 252 g/mol. The first kappa shape index (κ1) is 12.7. The van der Waals surface area contributed by atoms with Gasteiger partial charge in [-0.3, -0.25) is 19.9 Å². The summed E-state index contributed by atoms with van der Waals surface area (Å²) in [5, 5.41) is 19.8. The quantitative estimate of drug-likeness (QED) is 0.653. The van der Waals surface area contributed by atoms with Gasteiger partial charge in [0.15, 0.2) is 0 Å². The van der Waals surface area contributed by atoms with Gasteiger partial charge < -0.3 is 9.84 Å². The number of rotatable bonds is 5. The van der Waals surface area contributed by atoms with Crippen molar-refractivity contribution >= 4 is 22.6 Å². The maximum atomic E-state index is 10.9. The monoisotopic (exact) mass is 262 g/mol. The number of hydrogen-bond donors (Lipinski definition) is 1. The number of carboxylic acids is 1. The molecule has 0 unspecified atom stereocenters. The van der Waals surface area contributed by atoms with E-state index in [2.05, 4.69) is 4.98 Å². The Kier molecular flexibility index (Phi) is 3.56. The van der Waals surface area contributed by atoms with E-state index in [0.29, 0.717) is 16.7 Å². The third-order valence-corrected chi connectivity index (χ3v) is 2.48. The largest absolute Gasteiger partial charge is 0.491 e. The molecule has 1 N–H and O–H groups in total. The topological polar surface area (TPSA) is 103 Å². The zero-order chi connectivity index (χ0) is 13.8. The minimum atomic E-state index is -0.973. The summed E-state index contributed by atoms with van der Waals surface area (Å²) in [6.45, 7) is -0.0151. The fourth-order valence-corrected chi connectivity index (χ4v) is 1.66. The number of ether oxygens (including phenoxy) is 1. The second-order valence-electron chi connectivity index (χ2n) is 3.73. The number of carboxylic acid groups (broad SMARTS) is 1. The van der Waals surface area contributed by atoms with E-state index < -0.39 is 10.9 Å². The summed E-state index contributed by atoms with van der Waals surface area (Å²) in [4.78, 5) is 24.9. The van der Waals surface area contributed by atoms with Crippen molar-refractivity contribution in [3.8, 4) is 5.75 Å². The molecule has 19 heavy (non-hydrogen) atoms. The van der Waals surface area contributed by atoms with Gasteiger partial charge in [-0.25, -0.2) is 0 Å². The molecule has 0 radical (unpaired) electrons. The van der Waals surface area contributed by atoms with E-state index in [-0.39, 0.29) is 18.7 Å². The number of nitrogens with zero attached hydrogens (tertiary/aromatic N) is 2. The number of hydrogen-bond acceptors (Lipinski definition) is 5. The number of nitro groups is 1. The second kappa shape index (κ2) is 5.30. The Balaban J connectivity index is 2.38. The Labute approximate surface area is 107 Å². The van der Waals surface area contributed by atoms with Crippen LogP contribution in [0.1, 0.15) is 6.42 Å². The SMILES string of the molecule is O=C(O)CCOc1ccc([N+](=O)[O-])c2cccnc12. The van der Waals surface area contributed by atoms with E-state index in [1.807, 2.05) is 0 Å². The summed E-state index contributed by atoms with van der Waals surface area (Å²) in [6, 6.07) is 5.91. The van der Waals surface area contributed by atoms with Gasteiger partial charge >= 0.3 is 5.97 Å². The van der Waals surface area contributed by atoms with Crippen molar-refractivity contribution < 1.29 is 19.6 Å². The van der Waals surface area contributed by atoms with Crippen LogP contribution < -0.4 is 4.74 Å². The Bertz CT molecular complexity index is 641. The molecule has 0 aliphatic carbocycles. The summed E-state index contributed by atoms with van der Waals surface area (Å²) < 4.78 is 5.30. The smallest absolute Gasteiger partial charge is 0.306 e. The third kappa shape index (κ3) is 2.76. The molecule has 2 aromatic rings. The van der Waals surface area contributed by atoms with Crippen LogP contribution in [0.5, 0.6) is 5.75 Å². The van der Waals surface area contributed by atoms with Crippen LogP contribution in [0, 0.1) is 10.1 Å². The zero-order valence-corrected chi connectivity index (χ0v) is 9.78. The van der Waals surface area contributed by atoms with E-state index in [4.69, 9.17) is 9.84 Å². The van der Waals surface area contributed by atoms with Crippen molar-refractivity contribution in [2.75, 3.05) is 6.61 Å². The van der Waals surface area contributed by atoms with Crippen LogP contribution in [0.25, 0.3) is 10.9 Å². The minimum absolute atomic E-state index is 0.0151. The van der Waals surface area contributed by atoms with Crippen molar-refractivity contribution in [2.24, 2.45) is 0 Å². The third-order valence-electron chi connectivity index (χ3n) is 2.48. The van der Waals surface area contributed by atoms with Crippen LogP contribution in [-0.4, -0.2) is 27.6 Å². The molecule has 0 saturated heterocycles. The highest BCUT2D eigenvalue weighted by Gasteiger charge is 2.15. The lowest BCUT2D eigenvalue weighted by Crippen LogP contribution is -2.05. The fourth-order valence-electron chi connectivity index (χ4n) is 1.66. The van der Waals surface area contributed by atoms with Crippen LogP contribution in [0.15, 0.2) is 30.5 Å². The van der Waals surface area contributed by atoms with Crippen LogP contribution in [0.2, 0.25) is 0 Å². The maximum Gasteiger partial charge on any atom is 0.306 e. The van der Waals surface area contributed by atoms with Gasteiger partial charge in [0.1, 0.15) is 11.3 Å². The lowest BCUT2D eigenvalue weighted by Gasteiger charge is -2.07. The van der Waals surface area contributed by atoms with Crippen molar-refractivity contribution in [3.05, 3.63) is 40.6 Å². The van der Waals surface area contributed by atoms with Gasteiger partial charge in [0, 0.05) is 12.3 Å². The average molecular weight is 262 g/mol. The summed E-state index contributed by atoms with van der Waals surface area (Å²) in [7, 11) is 0. The lowest BCUT2D eigenvalue weighted by atomic mass is 10.1. The maximum absolute atomic E-state index is 10.9. The van der Waals surface area contributed by atoms with Gasteiger partial charge in [0.25, 0.3) is 5.69 Å². The predicted octanol–water partition coefficient (Wildman–Crippen LogP) is 2.00. The highest BCUT2D eigenvalue weighted by atomic mass is 16.6. The van der Waals surface area contributed by atoms with Gasteiger partial charge in [-0.05, 0) is 18.2 Å². The van der Waals surface area contributed by atoms with E-state index in [0.717, 1.165) is 0 Å². The van der Waals surface area contributed by atoms with Crippen LogP contribution >= 0.6 is 0 Å². The van der Waals surface area contributed by atoms with E-state index in [1.165, 1.54) is 18.3 Å². The molecule has 1 aromatic carbocycles. The van der Waals surface area contributed by atoms with Crippen molar-refractivity contribution in [3.63, 3.8) is 0 Å². The van der Waals surface area contributed by atoms with Crippen molar-refractivity contribution in [1.29, 1.82) is 0 Å². The number of benzene rings is 1. The number of carbonyl (C=O) groups is 1. The summed E-state index contributed by atoms with van der Waals surface area (Å²) >= 11 is 0. The Morgan fingerprint density at radius 2 is 2.21 bits per heavy atom. The second-order valence-corrected chi connectivity index (χ2v) is 3.73. The van der Waals surface area contributed by atoms with E-state index >= 15 is 0 Å². The number of non-ortho nitro benzene ring substituents is 1. The molecule has 0 fully saturated rings. The van der Waals surface area contributed by atoms with Crippen LogP contribution in [0.3, 0.4) is 0 Å². The van der Waals surface area contributed by atoms with Crippen molar-refractivity contribution in [2.45, 2.75) is 6.42 Å². The molecule has 0 atom stereocenters. The van der Waals surface area contributed by atoms with E-state index in [9.17, 15) is 14.9 Å². The molecular formula is C12H10N2O5.